The molecule has 1 aliphatic heterocycles. The van der Waals surface area contributed by atoms with Gasteiger partial charge in [0, 0.05) is 40.8 Å². The van der Waals surface area contributed by atoms with Crippen molar-refractivity contribution >= 4 is 51.2 Å². The Kier molecular flexibility index (Phi) is 6.30. The summed E-state index contributed by atoms with van der Waals surface area (Å²) in [5, 5.41) is 15.4. The Bertz CT molecular complexity index is 1540. The van der Waals surface area contributed by atoms with E-state index < -0.39 is 4.92 Å². The third-order valence-electron chi connectivity index (χ3n) is 6.00. The van der Waals surface area contributed by atoms with E-state index in [1.165, 1.54) is 23.9 Å². The second kappa shape index (κ2) is 9.71. The first-order chi connectivity index (χ1) is 17.4. The molecule has 1 fully saturated rings. The number of nitro benzene ring substituents is 1. The molecule has 0 atom stereocenters. The van der Waals surface area contributed by atoms with Gasteiger partial charge in [-0.2, -0.15) is 0 Å². The number of para-hydroxylation sites is 1. The predicted molar refractivity (Wildman–Crippen MR) is 143 cm³/mol. The number of non-ortho nitro benzene ring substituents is 1. The standard InChI is InChI=1S/C27H22N4O4S/c1-17-23(15-25-26(32)29-27(36-25)28-19-9-13-21(35-2)14-10-19)22-5-3-4-6-24(22)30(17)16-18-7-11-20(12-8-18)31(33)34/h3-15H,16H2,1-2H3,(H,28,29,32)/b25-15+. The van der Waals surface area contributed by atoms with Crippen LogP contribution in [0.25, 0.3) is 17.0 Å². The Balaban J connectivity index is 1.47. The van der Waals surface area contributed by atoms with Gasteiger partial charge in [0.25, 0.3) is 11.6 Å². The van der Waals surface area contributed by atoms with Crippen molar-refractivity contribution in [2.24, 2.45) is 4.99 Å². The molecule has 5 rings (SSSR count). The SMILES string of the molecule is COc1ccc(N=C2NC(=O)/C(=C\c3c(C)n(Cc4ccc([N+](=O)[O-])cc4)c4ccccc34)S2)cc1. The number of carbonyl (C=O) groups excluding carboxylic acids is 1. The smallest absolute Gasteiger partial charge is 0.269 e. The number of nitro groups is 1. The van der Waals surface area contributed by atoms with E-state index in [-0.39, 0.29) is 11.6 Å². The number of aromatic nitrogens is 1. The number of ether oxygens (including phenoxy) is 1. The molecule has 0 bridgehead atoms. The molecular weight excluding hydrogens is 476 g/mol. The number of benzene rings is 3. The summed E-state index contributed by atoms with van der Waals surface area (Å²) in [4.78, 5) is 28.4. The lowest BCUT2D eigenvalue weighted by Crippen LogP contribution is -2.19. The van der Waals surface area contributed by atoms with Crippen LogP contribution in [0.15, 0.2) is 82.7 Å². The van der Waals surface area contributed by atoms with Crippen LogP contribution in [-0.2, 0) is 11.3 Å². The number of aliphatic imine (C=N–C) groups is 1. The molecular formula is C27H22N4O4S. The molecule has 1 amide bonds. The van der Waals surface area contributed by atoms with Crippen molar-refractivity contribution in [2.75, 3.05) is 7.11 Å². The number of amidine groups is 1. The van der Waals surface area contributed by atoms with E-state index in [4.69, 9.17) is 4.74 Å². The summed E-state index contributed by atoms with van der Waals surface area (Å²) in [5.74, 6) is 0.544. The zero-order chi connectivity index (χ0) is 25.2. The second-order valence-electron chi connectivity index (χ2n) is 8.21. The highest BCUT2D eigenvalue weighted by molar-refractivity contribution is 8.18. The van der Waals surface area contributed by atoms with Crippen molar-refractivity contribution in [3.05, 3.63) is 105 Å². The molecule has 0 radical (unpaired) electrons. The maximum atomic E-state index is 12.7. The van der Waals surface area contributed by atoms with Crippen LogP contribution in [0.5, 0.6) is 5.75 Å². The first kappa shape index (κ1) is 23.4. The van der Waals surface area contributed by atoms with Crippen LogP contribution in [0, 0.1) is 17.0 Å². The van der Waals surface area contributed by atoms with Crippen LogP contribution in [0.1, 0.15) is 16.8 Å². The number of hydrogen-bond acceptors (Lipinski definition) is 6. The van der Waals surface area contributed by atoms with Crippen molar-refractivity contribution in [2.45, 2.75) is 13.5 Å². The molecule has 2 heterocycles. The van der Waals surface area contributed by atoms with E-state index in [9.17, 15) is 14.9 Å². The minimum absolute atomic E-state index is 0.0645. The van der Waals surface area contributed by atoms with E-state index in [0.717, 1.165) is 39.2 Å². The topological polar surface area (TPSA) is 98.8 Å². The van der Waals surface area contributed by atoms with E-state index >= 15 is 0 Å². The van der Waals surface area contributed by atoms with Crippen molar-refractivity contribution in [3.63, 3.8) is 0 Å². The Labute approximate surface area is 211 Å². The number of nitrogens with zero attached hydrogens (tertiary/aromatic N) is 3. The quantitative estimate of drug-likeness (QED) is 0.206. The predicted octanol–water partition coefficient (Wildman–Crippen LogP) is 5.81. The van der Waals surface area contributed by atoms with E-state index in [0.29, 0.717) is 16.6 Å². The highest BCUT2D eigenvalue weighted by atomic mass is 32.2. The maximum Gasteiger partial charge on any atom is 0.269 e. The highest BCUT2D eigenvalue weighted by Crippen LogP contribution is 2.34. The first-order valence-electron chi connectivity index (χ1n) is 11.2. The Hall–Kier alpha value is -4.37. The van der Waals surface area contributed by atoms with Gasteiger partial charge in [0.2, 0.25) is 0 Å². The molecule has 8 nitrogen and oxygen atoms in total. The lowest BCUT2D eigenvalue weighted by Gasteiger charge is -2.09. The number of rotatable bonds is 6. The van der Waals surface area contributed by atoms with E-state index in [1.54, 1.807) is 19.2 Å². The van der Waals surface area contributed by atoms with E-state index in [1.807, 2.05) is 61.5 Å². The van der Waals surface area contributed by atoms with Gasteiger partial charge in [0.15, 0.2) is 5.17 Å². The molecule has 0 saturated carbocycles. The number of thioether (sulfide) groups is 1. The summed E-state index contributed by atoms with van der Waals surface area (Å²) in [6.07, 6.45) is 1.90. The molecule has 0 spiro atoms. The summed E-state index contributed by atoms with van der Waals surface area (Å²) in [6, 6.07) is 21.9. The molecule has 9 heteroatoms. The number of amides is 1. The fourth-order valence-corrected chi connectivity index (χ4v) is 4.96. The summed E-state index contributed by atoms with van der Waals surface area (Å²) >= 11 is 1.30. The number of hydrogen-bond donors (Lipinski definition) is 1. The maximum absolute atomic E-state index is 12.7. The summed E-state index contributed by atoms with van der Waals surface area (Å²) in [7, 11) is 1.61. The lowest BCUT2D eigenvalue weighted by molar-refractivity contribution is -0.384. The monoisotopic (exact) mass is 498 g/mol. The van der Waals surface area contributed by atoms with E-state index in [2.05, 4.69) is 14.9 Å². The van der Waals surface area contributed by atoms with Crippen LogP contribution < -0.4 is 10.1 Å². The molecule has 1 saturated heterocycles. The molecule has 1 aromatic heterocycles. The molecule has 3 aromatic carbocycles. The minimum atomic E-state index is -0.402. The molecule has 0 aliphatic carbocycles. The van der Waals surface area contributed by atoms with Gasteiger partial charge in [-0.3, -0.25) is 14.9 Å². The number of fused-ring (bicyclic) bond motifs is 1. The average Bonchev–Trinajstić information content (AvgIpc) is 3.36. The van der Waals surface area contributed by atoms with Gasteiger partial charge in [-0.05, 0) is 60.7 Å². The largest absolute Gasteiger partial charge is 0.497 e. The first-order valence-corrected chi connectivity index (χ1v) is 12.0. The third-order valence-corrected chi connectivity index (χ3v) is 6.91. The van der Waals surface area contributed by atoms with Gasteiger partial charge in [0.05, 0.1) is 22.6 Å². The van der Waals surface area contributed by atoms with Gasteiger partial charge in [-0.25, -0.2) is 4.99 Å². The molecule has 4 aromatic rings. The molecule has 0 unspecified atom stereocenters. The highest BCUT2D eigenvalue weighted by Gasteiger charge is 2.25. The average molecular weight is 499 g/mol. The number of methoxy groups -OCH3 is 1. The van der Waals surface area contributed by atoms with Crippen LogP contribution in [0.3, 0.4) is 0 Å². The van der Waals surface area contributed by atoms with Crippen LogP contribution in [-0.4, -0.2) is 27.7 Å². The normalized spacial score (nSPS) is 15.6. The van der Waals surface area contributed by atoms with Crippen LogP contribution in [0.4, 0.5) is 11.4 Å². The Morgan fingerprint density at radius 1 is 1.08 bits per heavy atom. The summed E-state index contributed by atoms with van der Waals surface area (Å²) < 4.78 is 7.34. The van der Waals surface area contributed by atoms with Crippen molar-refractivity contribution in [1.82, 2.24) is 9.88 Å². The van der Waals surface area contributed by atoms with Gasteiger partial charge in [0.1, 0.15) is 5.75 Å². The van der Waals surface area contributed by atoms with Crippen molar-refractivity contribution in [3.8, 4) is 5.75 Å². The van der Waals surface area contributed by atoms with Gasteiger partial charge >= 0.3 is 0 Å². The summed E-state index contributed by atoms with van der Waals surface area (Å²) in [6.45, 7) is 2.57. The zero-order valence-electron chi connectivity index (χ0n) is 19.6. The van der Waals surface area contributed by atoms with Crippen LogP contribution >= 0.6 is 11.8 Å². The molecule has 180 valence electrons. The number of nitrogens with one attached hydrogen (secondary N) is 1. The van der Waals surface area contributed by atoms with Gasteiger partial charge < -0.3 is 14.6 Å². The molecule has 1 aliphatic rings. The fraction of sp³-hybridized carbons (Fsp3) is 0.111. The number of carbonyl (C=O) groups is 1. The van der Waals surface area contributed by atoms with Crippen LogP contribution in [0.2, 0.25) is 0 Å². The van der Waals surface area contributed by atoms with Crippen molar-refractivity contribution < 1.29 is 14.5 Å². The van der Waals surface area contributed by atoms with Gasteiger partial charge in [-0.1, -0.05) is 30.3 Å². The Morgan fingerprint density at radius 2 is 1.81 bits per heavy atom. The molecule has 1 N–H and O–H groups in total. The summed E-state index contributed by atoms with van der Waals surface area (Å²) in [5.41, 5.74) is 4.71. The van der Waals surface area contributed by atoms with Crippen molar-refractivity contribution in [1.29, 1.82) is 0 Å². The second-order valence-corrected chi connectivity index (χ2v) is 9.24. The molecule has 36 heavy (non-hydrogen) atoms. The third kappa shape index (κ3) is 4.60. The fourth-order valence-electron chi connectivity index (χ4n) is 4.13. The van der Waals surface area contributed by atoms with Gasteiger partial charge in [-0.15, -0.1) is 0 Å². The lowest BCUT2D eigenvalue weighted by atomic mass is 10.1. The zero-order valence-corrected chi connectivity index (χ0v) is 20.4. The Morgan fingerprint density at radius 3 is 2.50 bits per heavy atom. The minimum Gasteiger partial charge on any atom is -0.497 e.